The number of amides is 2. The fourth-order valence-corrected chi connectivity index (χ4v) is 2.66. The number of urea groups is 1. The Kier molecular flexibility index (Phi) is 4.50. The Morgan fingerprint density at radius 1 is 1.17 bits per heavy atom. The maximum absolute atomic E-state index is 12.4. The largest absolute Gasteiger partial charge is 0.360 e. The molecule has 3 rings (SSSR count). The third-order valence-corrected chi connectivity index (χ3v) is 4.03. The van der Waals surface area contributed by atoms with Crippen LogP contribution in [0, 0.1) is 6.92 Å². The van der Waals surface area contributed by atoms with Crippen molar-refractivity contribution in [2.45, 2.75) is 13.8 Å². The maximum atomic E-state index is 12.4. The normalized spacial score (nSPS) is 14.6. The minimum Gasteiger partial charge on any atom is -0.360 e. The minimum absolute atomic E-state index is 0.0254. The number of aryl methyl sites for hydroxylation is 1. The molecule has 7 heteroatoms. The number of ketones is 1. The molecule has 1 fully saturated rings. The summed E-state index contributed by atoms with van der Waals surface area (Å²) >= 11 is 0. The molecule has 2 heterocycles. The van der Waals surface area contributed by atoms with Crippen LogP contribution < -0.4 is 10.2 Å². The van der Waals surface area contributed by atoms with Gasteiger partial charge < -0.3 is 19.6 Å². The van der Waals surface area contributed by atoms with E-state index in [0.717, 1.165) is 11.6 Å². The van der Waals surface area contributed by atoms with Crippen molar-refractivity contribution in [2.75, 3.05) is 36.4 Å². The van der Waals surface area contributed by atoms with Crippen LogP contribution in [-0.4, -0.2) is 48.0 Å². The van der Waals surface area contributed by atoms with Crippen molar-refractivity contribution in [1.82, 2.24) is 10.1 Å². The van der Waals surface area contributed by atoms with E-state index in [0.29, 0.717) is 37.4 Å². The molecule has 0 atom stereocenters. The van der Waals surface area contributed by atoms with Crippen molar-refractivity contribution in [3.63, 3.8) is 0 Å². The number of carbonyl (C=O) groups is 2. The van der Waals surface area contributed by atoms with Gasteiger partial charge in [0.2, 0.25) is 0 Å². The number of Topliss-reactive ketones (excluding diaryl/α,β-unsaturated/α-hetero) is 1. The third kappa shape index (κ3) is 3.56. The first kappa shape index (κ1) is 16.0. The number of aromatic nitrogens is 1. The van der Waals surface area contributed by atoms with Gasteiger partial charge in [0.25, 0.3) is 0 Å². The highest BCUT2D eigenvalue weighted by molar-refractivity contribution is 5.96. The Hall–Kier alpha value is -2.83. The summed E-state index contributed by atoms with van der Waals surface area (Å²) in [5.74, 6) is 1.56. The van der Waals surface area contributed by atoms with E-state index in [2.05, 4.69) is 15.4 Å². The van der Waals surface area contributed by atoms with Gasteiger partial charge in [-0.25, -0.2) is 4.79 Å². The number of rotatable bonds is 3. The first-order valence-electron chi connectivity index (χ1n) is 7.88. The SMILES string of the molecule is CC(=O)c1cccc(NC(=O)N2CCN(c3cc(C)on3)CC2)c1. The van der Waals surface area contributed by atoms with E-state index < -0.39 is 0 Å². The highest BCUT2D eigenvalue weighted by atomic mass is 16.5. The second-order valence-corrected chi connectivity index (χ2v) is 5.84. The second-order valence-electron chi connectivity index (χ2n) is 5.84. The van der Waals surface area contributed by atoms with Crippen LogP contribution in [0.3, 0.4) is 0 Å². The molecule has 1 N–H and O–H groups in total. The van der Waals surface area contributed by atoms with E-state index in [1.165, 1.54) is 6.92 Å². The predicted octanol–water partition coefficient (Wildman–Crippen LogP) is 2.54. The van der Waals surface area contributed by atoms with Crippen molar-refractivity contribution >= 4 is 23.3 Å². The molecule has 1 aromatic carbocycles. The van der Waals surface area contributed by atoms with Crippen LogP contribution in [0.1, 0.15) is 23.0 Å². The highest BCUT2D eigenvalue weighted by Crippen LogP contribution is 2.17. The van der Waals surface area contributed by atoms with Crippen molar-refractivity contribution in [3.05, 3.63) is 41.7 Å². The van der Waals surface area contributed by atoms with E-state index in [1.54, 1.807) is 29.2 Å². The summed E-state index contributed by atoms with van der Waals surface area (Å²) in [7, 11) is 0. The number of hydrogen-bond acceptors (Lipinski definition) is 5. The summed E-state index contributed by atoms with van der Waals surface area (Å²) in [5.41, 5.74) is 1.21. The van der Waals surface area contributed by atoms with E-state index in [1.807, 2.05) is 13.0 Å². The second kappa shape index (κ2) is 6.74. The van der Waals surface area contributed by atoms with Crippen LogP contribution in [-0.2, 0) is 0 Å². The number of carbonyl (C=O) groups excluding carboxylic acids is 2. The zero-order valence-corrected chi connectivity index (χ0v) is 13.8. The molecule has 126 valence electrons. The van der Waals surface area contributed by atoms with Gasteiger partial charge in [-0.3, -0.25) is 4.79 Å². The van der Waals surface area contributed by atoms with Gasteiger partial charge in [-0.2, -0.15) is 0 Å². The summed E-state index contributed by atoms with van der Waals surface area (Å²) in [5, 5.41) is 6.85. The topological polar surface area (TPSA) is 78.7 Å². The molecule has 0 aliphatic carbocycles. The summed E-state index contributed by atoms with van der Waals surface area (Å²) in [6, 6.07) is 8.69. The summed E-state index contributed by atoms with van der Waals surface area (Å²) < 4.78 is 5.09. The Morgan fingerprint density at radius 3 is 2.54 bits per heavy atom. The zero-order chi connectivity index (χ0) is 17.1. The molecular weight excluding hydrogens is 308 g/mol. The standard InChI is InChI=1S/C17H20N4O3/c1-12-10-16(19-24-12)20-6-8-21(9-7-20)17(23)18-15-5-3-4-14(11-15)13(2)22/h3-5,10-11H,6-9H2,1-2H3,(H,18,23). The van der Waals surface area contributed by atoms with E-state index in [4.69, 9.17) is 4.52 Å². The summed E-state index contributed by atoms with van der Waals surface area (Å²) in [4.78, 5) is 27.6. The average Bonchev–Trinajstić information content (AvgIpc) is 3.01. The summed E-state index contributed by atoms with van der Waals surface area (Å²) in [6.45, 7) is 5.97. The van der Waals surface area contributed by atoms with Crippen LogP contribution in [0.15, 0.2) is 34.9 Å². The molecule has 2 aromatic rings. The van der Waals surface area contributed by atoms with Crippen molar-refractivity contribution in [3.8, 4) is 0 Å². The lowest BCUT2D eigenvalue weighted by atomic mass is 10.1. The molecule has 1 aliphatic heterocycles. The fourth-order valence-electron chi connectivity index (χ4n) is 2.66. The van der Waals surface area contributed by atoms with Crippen LogP contribution in [0.4, 0.5) is 16.3 Å². The van der Waals surface area contributed by atoms with E-state index in [9.17, 15) is 9.59 Å². The zero-order valence-electron chi connectivity index (χ0n) is 13.8. The predicted molar refractivity (Wildman–Crippen MR) is 90.5 cm³/mol. The Morgan fingerprint density at radius 2 is 1.92 bits per heavy atom. The Bertz CT molecular complexity index is 748. The summed E-state index contributed by atoms with van der Waals surface area (Å²) in [6.07, 6.45) is 0. The lowest BCUT2D eigenvalue weighted by Gasteiger charge is -2.34. The van der Waals surface area contributed by atoms with Gasteiger partial charge in [0.15, 0.2) is 11.6 Å². The van der Waals surface area contributed by atoms with Gasteiger partial charge in [-0.1, -0.05) is 17.3 Å². The number of nitrogens with zero attached hydrogens (tertiary/aromatic N) is 3. The lowest BCUT2D eigenvalue weighted by molar-refractivity contribution is 0.101. The molecule has 0 saturated carbocycles. The van der Waals surface area contributed by atoms with Crippen molar-refractivity contribution < 1.29 is 14.1 Å². The van der Waals surface area contributed by atoms with Crippen molar-refractivity contribution in [2.24, 2.45) is 0 Å². The molecule has 0 unspecified atom stereocenters. The van der Waals surface area contributed by atoms with Gasteiger partial charge in [-0.05, 0) is 26.0 Å². The minimum atomic E-state index is -0.160. The number of nitrogens with one attached hydrogen (secondary N) is 1. The quantitative estimate of drug-likeness (QED) is 0.876. The highest BCUT2D eigenvalue weighted by Gasteiger charge is 2.23. The van der Waals surface area contributed by atoms with E-state index >= 15 is 0 Å². The monoisotopic (exact) mass is 328 g/mol. The molecule has 0 spiro atoms. The lowest BCUT2D eigenvalue weighted by Crippen LogP contribution is -2.50. The Balaban J connectivity index is 1.57. The van der Waals surface area contributed by atoms with Crippen LogP contribution in [0.25, 0.3) is 0 Å². The number of anilines is 2. The van der Waals surface area contributed by atoms with Crippen LogP contribution >= 0.6 is 0 Å². The van der Waals surface area contributed by atoms with Crippen molar-refractivity contribution in [1.29, 1.82) is 0 Å². The molecule has 7 nitrogen and oxygen atoms in total. The smallest absolute Gasteiger partial charge is 0.321 e. The Labute approximate surface area is 140 Å². The third-order valence-electron chi connectivity index (χ3n) is 4.03. The molecule has 0 radical (unpaired) electrons. The molecule has 0 bridgehead atoms. The number of benzene rings is 1. The average molecular weight is 328 g/mol. The van der Waals surface area contributed by atoms with Gasteiger partial charge in [0, 0.05) is 43.5 Å². The van der Waals surface area contributed by atoms with Crippen LogP contribution in [0.5, 0.6) is 0 Å². The van der Waals surface area contributed by atoms with Crippen LogP contribution in [0.2, 0.25) is 0 Å². The maximum Gasteiger partial charge on any atom is 0.321 e. The number of hydrogen-bond donors (Lipinski definition) is 1. The number of piperazine rings is 1. The van der Waals surface area contributed by atoms with Gasteiger partial charge >= 0.3 is 6.03 Å². The molecule has 24 heavy (non-hydrogen) atoms. The first-order valence-corrected chi connectivity index (χ1v) is 7.88. The van der Waals surface area contributed by atoms with E-state index in [-0.39, 0.29) is 11.8 Å². The molecule has 1 saturated heterocycles. The molecule has 2 amide bonds. The van der Waals surface area contributed by atoms with Gasteiger partial charge in [0.05, 0.1) is 0 Å². The van der Waals surface area contributed by atoms with Gasteiger partial charge in [0.1, 0.15) is 5.76 Å². The molecular formula is C17H20N4O3. The van der Waals surface area contributed by atoms with Gasteiger partial charge in [-0.15, -0.1) is 0 Å². The fraction of sp³-hybridized carbons (Fsp3) is 0.353. The first-order chi connectivity index (χ1) is 11.5. The molecule has 1 aliphatic rings. The molecule has 1 aromatic heterocycles.